The highest BCUT2D eigenvalue weighted by molar-refractivity contribution is 5.92. The predicted molar refractivity (Wildman–Crippen MR) is 170 cm³/mol. The Morgan fingerprint density at radius 2 is 1.64 bits per heavy atom. The highest BCUT2D eigenvalue weighted by Gasteiger charge is 2.39. The molecule has 0 bridgehead atoms. The van der Waals surface area contributed by atoms with Crippen LogP contribution >= 0.6 is 0 Å². The molecule has 4 aromatic carbocycles. The van der Waals surface area contributed by atoms with E-state index in [9.17, 15) is 14.7 Å². The van der Waals surface area contributed by atoms with E-state index in [1.807, 2.05) is 42.5 Å². The van der Waals surface area contributed by atoms with E-state index in [4.69, 9.17) is 14.6 Å². The Labute approximate surface area is 258 Å². The molecule has 0 unspecified atom stereocenters. The zero-order chi connectivity index (χ0) is 31.2. The van der Waals surface area contributed by atoms with Crippen LogP contribution in [-0.2, 0) is 25.7 Å². The molecule has 44 heavy (non-hydrogen) atoms. The van der Waals surface area contributed by atoms with E-state index in [0.717, 1.165) is 16.7 Å². The average Bonchev–Trinajstić information content (AvgIpc) is 3.04. The van der Waals surface area contributed by atoms with Gasteiger partial charge in [0.25, 0.3) is 0 Å². The van der Waals surface area contributed by atoms with Crippen molar-refractivity contribution in [1.82, 2.24) is 4.90 Å². The number of rotatable bonds is 11. The van der Waals surface area contributed by atoms with Crippen molar-refractivity contribution in [3.05, 3.63) is 113 Å². The summed E-state index contributed by atoms with van der Waals surface area (Å²) in [6, 6.07) is 30.2. The number of nitrogens with zero attached hydrogens (tertiary/aromatic N) is 1. The van der Waals surface area contributed by atoms with E-state index < -0.39 is 12.3 Å². The van der Waals surface area contributed by atoms with Gasteiger partial charge < -0.3 is 25.0 Å². The minimum atomic E-state index is -1.02. The van der Waals surface area contributed by atoms with E-state index >= 15 is 0 Å². The number of carboxylic acids is 1. The van der Waals surface area contributed by atoms with E-state index in [1.165, 1.54) is 16.3 Å². The molecular weight excluding hydrogens is 556 g/mol. The van der Waals surface area contributed by atoms with Crippen LogP contribution in [0.3, 0.4) is 0 Å². The Hall–Kier alpha value is -4.08. The number of amides is 1. The second-order valence-electron chi connectivity index (χ2n) is 11.6. The maximum atomic E-state index is 12.3. The number of ether oxygens (including phenoxy) is 2. The Morgan fingerprint density at radius 1 is 0.886 bits per heavy atom. The Morgan fingerprint density at radius 3 is 2.36 bits per heavy atom. The SMILES string of the molecule is C[C@@H]1[C@H](CN(C)[C@H](C)c2ccc3ccccc3c2)O[C@H](c2cccc(NC(=O)CCC(=O)O)c2)O[C@@H]1c1ccc(CO)cc1. The number of fused-ring (bicyclic) bond motifs is 1. The molecule has 0 aliphatic carbocycles. The second kappa shape index (κ2) is 14.1. The monoisotopic (exact) mass is 596 g/mol. The third-order valence-electron chi connectivity index (χ3n) is 8.52. The summed E-state index contributed by atoms with van der Waals surface area (Å²) in [6.45, 7) is 4.97. The number of benzene rings is 4. The van der Waals surface area contributed by atoms with Crippen molar-refractivity contribution in [3.8, 4) is 0 Å². The van der Waals surface area contributed by atoms with Crippen molar-refractivity contribution in [3.63, 3.8) is 0 Å². The van der Waals surface area contributed by atoms with Crippen LogP contribution in [0.4, 0.5) is 5.69 Å². The first kappa shape index (κ1) is 31.3. The largest absolute Gasteiger partial charge is 0.481 e. The van der Waals surface area contributed by atoms with Crippen LogP contribution in [0, 0.1) is 5.92 Å². The number of hydrogen-bond donors (Lipinski definition) is 3. The number of carbonyl (C=O) groups is 2. The molecule has 0 radical (unpaired) electrons. The van der Waals surface area contributed by atoms with Crippen LogP contribution in [0.1, 0.15) is 67.4 Å². The number of aliphatic hydroxyl groups is 1. The summed E-state index contributed by atoms with van der Waals surface area (Å²) in [5.74, 6) is -1.37. The summed E-state index contributed by atoms with van der Waals surface area (Å²) >= 11 is 0. The third-order valence-corrected chi connectivity index (χ3v) is 8.52. The normalized spacial score (nSPS) is 20.8. The molecule has 1 heterocycles. The van der Waals surface area contributed by atoms with Gasteiger partial charge in [0.1, 0.15) is 0 Å². The number of likely N-dealkylation sites (N-methyl/N-ethyl adjacent to an activating group) is 1. The fourth-order valence-corrected chi connectivity index (χ4v) is 5.70. The standard InChI is InChI=1S/C36H40N2O6/c1-23-32(21-38(3)24(2)28-16-15-26-7-4-5-8-29(26)19-28)43-36(44-35(23)27-13-11-25(22-39)12-14-27)30-9-6-10-31(20-30)37-33(40)17-18-34(41)42/h4-16,19-20,23-24,32,35-36,39H,17-18,21-22H2,1-3H3,(H,37,40)(H,41,42)/t23-,24-,32+,35+,36+/m1/s1. The van der Waals surface area contributed by atoms with Crippen LogP contribution in [0.15, 0.2) is 91.0 Å². The van der Waals surface area contributed by atoms with Gasteiger partial charge >= 0.3 is 5.97 Å². The molecule has 1 saturated heterocycles. The van der Waals surface area contributed by atoms with Crippen molar-refractivity contribution in [2.24, 2.45) is 5.92 Å². The minimum Gasteiger partial charge on any atom is -0.481 e. The van der Waals surface area contributed by atoms with E-state index in [2.05, 4.69) is 73.6 Å². The molecule has 0 spiro atoms. The smallest absolute Gasteiger partial charge is 0.303 e. The lowest BCUT2D eigenvalue weighted by atomic mass is 9.89. The Bertz CT molecular complexity index is 1590. The molecule has 230 valence electrons. The van der Waals surface area contributed by atoms with Crippen LogP contribution in [-0.4, -0.2) is 46.7 Å². The lowest BCUT2D eigenvalue weighted by Crippen LogP contribution is -2.44. The first-order valence-corrected chi connectivity index (χ1v) is 15.0. The Balaban J connectivity index is 1.38. The molecule has 0 saturated carbocycles. The summed E-state index contributed by atoms with van der Waals surface area (Å²) in [7, 11) is 2.11. The van der Waals surface area contributed by atoms with Gasteiger partial charge in [-0.1, -0.05) is 79.7 Å². The van der Waals surface area contributed by atoms with Crippen molar-refractivity contribution in [2.75, 3.05) is 18.9 Å². The average molecular weight is 597 g/mol. The highest BCUT2D eigenvalue weighted by Crippen LogP contribution is 2.42. The molecule has 8 heteroatoms. The summed E-state index contributed by atoms with van der Waals surface area (Å²) in [6.07, 6.45) is -1.49. The zero-order valence-corrected chi connectivity index (χ0v) is 25.4. The molecule has 1 amide bonds. The maximum Gasteiger partial charge on any atom is 0.303 e. The number of anilines is 1. The highest BCUT2D eigenvalue weighted by atomic mass is 16.7. The summed E-state index contributed by atoms with van der Waals surface area (Å²) < 4.78 is 13.2. The maximum absolute atomic E-state index is 12.3. The van der Waals surface area contributed by atoms with Crippen molar-refractivity contribution in [1.29, 1.82) is 0 Å². The molecule has 5 atom stereocenters. The predicted octanol–water partition coefficient (Wildman–Crippen LogP) is 6.62. The van der Waals surface area contributed by atoms with Crippen LogP contribution in [0.2, 0.25) is 0 Å². The van der Waals surface area contributed by atoms with Crippen LogP contribution < -0.4 is 5.32 Å². The minimum absolute atomic E-state index is 0.0105. The van der Waals surface area contributed by atoms with Gasteiger partial charge in [-0.3, -0.25) is 14.5 Å². The first-order valence-electron chi connectivity index (χ1n) is 15.0. The number of carbonyl (C=O) groups excluding carboxylic acids is 1. The van der Waals surface area contributed by atoms with Gasteiger partial charge in [-0.25, -0.2) is 0 Å². The van der Waals surface area contributed by atoms with Crippen molar-refractivity contribution < 1.29 is 29.3 Å². The van der Waals surface area contributed by atoms with Gasteiger partial charge in [0.05, 0.1) is 25.2 Å². The van der Waals surface area contributed by atoms with Gasteiger partial charge in [0.15, 0.2) is 6.29 Å². The van der Waals surface area contributed by atoms with E-state index in [1.54, 1.807) is 6.07 Å². The molecular formula is C36H40N2O6. The third kappa shape index (κ3) is 7.52. The van der Waals surface area contributed by atoms with Crippen molar-refractivity contribution in [2.45, 2.75) is 57.8 Å². The number of hydrogen-bond acceptors (Lipinski definition) is 6. The van der Waals surface area contributed by atoms with Gasteiger partial charge in [-0.05, 0) is 59.6 Å². The van der Waals surface area contributed by atoms with E-state index in [-0.39, 0.29) is 49.5 Å². The van der Waals surface area contributed by atoms with Crippen molar-refractivity contribution >= 4 is 28.3 Å². The lowest BCUT2D eigenvalue weighted by molar-refractivity contribution is -0.276. The lowest BCUT2D eigenvalue weighted by Gasteiger charge is -2.43. The molecule has 0 aromatic heterocycles. The first-order chi connectivity index (χ1) is 21.2. The molecule has 5 rings (SSSR count). The topological polar surface area (TPSA) is 108 Å². The number of nitrogens with one attached hydrogen (secondary N) is 1. The van der Waals surface area contributed by atoms with Gasteiger partial charge in [0, 0.05) is 36.2 Å². The van der Waals surface area contributed by atoms with E-state index in [0.29, 0.717) is 12.2 Å². The zero-order valence-electron chi connectivity index (χ0n) is 25.4. The molecule has 1 aliphatic heterocycles. The number of carboxylic acid groups (broad SMARTS) is 1. The van der Waals surface area contributed by atoms with Gasteiger partial charge in [-0.2, -0.15) is 0 Å². The molecule has 4 aromatic rings. The van der Waals surface area contributed by atoms with Crippen LogP contribution in [0.5, 0.6) is 0 Å². The second-order valence-corrected chi connectivity index (χ2v) is 11.6. The van der Waals surface area contributed by atoms with Crippen LogP contribution in [0.25, 0.3) is 10.8 Å². The summed E-state index contributed by atoms with van der Waals surface area (Å²) in [4.78, 5) is 25.5. The number of aliphatic hydroxyl groups excluding tert-OH is 1. The van der Waals surface area contributed by atoms with Gasteiger partial charge in [0.2, 0.25) is 5.91 Å². The fraction of sp³-hybridized carbons (Fsp3) is 0.333. The number of aliphatic carboxylic acids is 1. The van der Waals surface area contributed by atoms with Gasteiger partial charge in [-0.15, -0.1) is 0 Å². The molecule has 8 nitrogen and oxygen atoms in total. The molecule has 3 N–H and O–H groups in total. The quantitative estimate of drug-likeness (QED) is 0.179. The summed E-state index contributed by atoms with van der Waals surface area (Å²) in [5, 5.41) is 23.7. The summed E-state index contributed by atoms with van der Waals surface area (Å²) in [5.41, 5.74) is 4.35. The Kier molecular flexibility index (Phi) is 10.1. The molecule has 1 fully saturated rings. The molecule has 1 aliphatic rings. The fourth-order valence-electron chi connectivity index (χ4n) is 5.70.